The van der Waals surface area contributed by atoms with Crippen molar-refractivity contribution in [1.82, 2.24) is 24.4 Å². The van der Waals surface area contributed by atoms with Crippen LogP contribution in [0.25, 0.3) is 11.2 Å². The minimum absolute atomic E-state index is 0.0950. The van der Waals surface area contributed by atoms with Crippen molar-refractivity contribution in [3.63, 3.8) is 0 Å². The fourth-order valence-corrected chi connectivity index (χ4v) is 3.96. The normalized spacial score (nSPS) is 11.3. The molecular formula is C25H36N6O5. The molecule has 2 heterocycles. The summed E-state index contributed by atoms with van der Waals surface area (Å²) in [5, 5.41) is 9.35. The summed E-state index contributed by atoms with van der Waals surface area (Å²) in [7, 11) is 1.38. The van der Waals surface area contributed by atoms with E-state index in [1.165, 1.54) is 7.11 Å². The Hall–Kier alpha value is -3.44. The number of nitrogens with one attached hydrogen (secondary N) is 1. The van der Waals surface area contributed by atoms with Crippen LogP contribution in [0.15, 0.2) is 29.1 Å². The summed E-state index contributed by atoms with van der Waals surface area (Å²) in [4.78, 5) is 37.8. The second kappa shape index (κ2) is 13.6. The number of imidazole rings is 1. The highest BCUT2D eigenvalue weighted by Crippen LogP contribution is 2.18. The van der Waals surface area contributed by atoms with Gasteiger partial charge in [-0.05, 0) is 30.4 Å². The molecule has 1 aromatic carbocycles. The van der Waals surface area contributed by atoms with E-state index in [4.69, 9.17) is 15.2 Å². The van der Waals surface area contributed by atoms with Crippen molar-refractivity contribution >= 4 is 23.0 Å². The van der Waals surface area contributed by atoms with Crippen LogP contribution in [0.2, 0.25) is 0 Å². The highest BCUT2D eigenvalue weighted by molar-refractivity contribution is 5.81. The average molecular weight is 501 g/mol. The first-order valence-electron chi connectivity index (χ1n) is 12.3. The summed E-state index contributed by atoms with van der Waals surface area (Å²) in [6.07, 6.45) is 3.39. The number of aromatic nitrogens is 4. The van der Waals surface area contributed by atoms with Gasteiger partial charge in [0.05, 0.1) is 20.1 Å². The number of esters is 1. The van der Waals surface area contributed by atoms with Crippen LogP contribution in [0.3, 0.4) is 0 Å². The van der Waals surface area contributed by atoms with Gasteiger partial charge in [-0.25, -0.2) is 4.79 Å². The number of aliphatic hydroxyl groups is 1. The third kappa shape index (κ3) is 7.53. The number of aliphatic hydroxyl groups excluding tert-OH is 1. The van der Waals surface area contributed by atoms with Crippen molar-refractivity contribution in [3.8, 4) is 6.01 Å². The molecule has 2 aromatic heterocycles. The van der Waals surface area contributed by atoms with Gasteiger partial charge in [-0.2, -0.15) is 9.97 Å². The van der Waals surface area contributed by atoms with E-state index >= 15 is 0 Å². The number of nitrogens with two attached hydrogens (primary N) is 1. The molecule has 4 N–H and O–H groups in total. The first-order valence-corrected chi connectivity index (χ1v) is 12.3. The Morgan fingerprint density at radius 1 is 1.19 bits per heavy atom. The maximum atomic E-state index is 12.6. The molecule has 0 radical (unpaired) electrons. The van der Waals surface area contributed by atoms with E-state index in [1.807, 2.05) is 24.3 Å². The number of carbonyl (C=O) groups is 1. The number of H-pyrrole nitrogens is 1. The van der Waals surface area contributed by atoms with E-state index in [0.29, 0.717) is 56.8 Å². The molecule has 36 heavy (non-hydrogen) atoms. The molecule has 3 rings (SSSR count). The molecule has 0 atom stereocenters. The topological polar surface area (TPSA) is 149 Å². The molecule has 196 valence electrons. The Balaban J connectivity index is 1.69. The Kier molecular flexibility index (Phi) is 10.3. The molecule has 11 nitrogen and oxygen atoms in total. The molecule has 0 aliphatic heterocycles. The van der Waals surface area contributed by atoms with Gasteiger partial charge in [-0.3, -0.25) is 14.3 Å². The molecule has 0 bridgehead atoms. The second-order valence-electron chi connectivity index (χ2n) is 8.65. The number of benzene rings is 1. The molecule has 0 amide bonds. The van der Waals surface area contributed by atoms with Crippen LogP contribution in [0, 0.1) is 0 Å². The Morgan fingerprint density at radius 2 is 1.97 bits per heavy atom. The van der Waals surface area contributed by atoms with Crippen molar-refractivity contribution in [3.05, 3.63) is 45.9 Å². The van der Waals surface area contributed by atoms with Gasteiger partial charge in [0.15, 0.2) is 11.5 Å². The van der Waals surface area contributed by atoms with Gasteiger partial charge in [0, 0.05) is 32.8 Å². The van der Waals surface area contributed by atoms with Gasteiger partial charge < -0.3 is 25.3 Å². The quantitative estimate of drug-likeness (QED) is 0.210. The minimum atomic E-state index is -0.297. The van der Waals surface area contributed by atoms with Gasteiger partial charge in [-0.15, -0.1) is 0 Å². The van der Waals surface area contributed by atoms with Crippen LogP contribution in [0.4, 0.5) is 5.82 Å². The largest absolute Gasteiger partial charge is 0.469 e. The number of fused-ring (bicyclic) bond motifs is 1. The molecule has 0 saturated carbocycles. The lowest BCUT2D eigenvalue weighted by molar-refractivity contribution is -0.139. The van der Waals surface area contributed by atoms with Gasteiger partial charge in [-0.1, -0.05) is 37.6 Å². The molecule has 0 aliphatic rings. The standard InChI is InChI=1S/C25H36N6O5/c1-3-4-14-36-24-28-22(26)21-23(29-24)31(25(34)27-21)12-6-10-30(11-7-13-32)17-19-9-5-8-18(15-19)16-20(33)35-2/h5,8-9,15,32H,3-4,6-7,10-14,16-17H2,1-2H3,(H,27,34)(H2,26,28,29). The minimum Gasteiger partial charge on any atom is -0.469 e. The van der Waals surface area contributed by atoms with E-state index in [9.17, 15) is 14.7 Å². The number of aromatic amines is 1. The molecule has 0 saturated heterocycles. The average Bonchev–Trinajstić information content (AvgIpc) is 3.18. The zero-order chi connectivity index (χ0) is 25.9. The summed E-state index contributed by atoms with van der Waals surface area (Å²) in [6.45, 7) is 5.12. The van der Waals surface area contributed by atoms with Crippen molar-refractivity contribution in [2.24, 2.45) is 0 Å². The lowest BCUT2D eigenvalue weighted by Gasteiger charge is -2.22. The summed E-state index contributed by atoms with van der Waals surface area (Å²) >= 11 is 0. The number of carbonyl (C=O) groups excluding carboxylic acids is 1. The summed E-state index contributed by atoms with van der Waals surface area (Å²) in [5.41, 5.74) is 8.52. The number of hydrogen-bond acceptors (Lipinski definition) is 9. The van der Waals surface area contributed by atoms with Gasteiger partial charge >= 0.3 is 17.7 Å². The highest BCUT2D eigenvalue weighted by Gasteiger charge is 2.15. The number of anilines is 1. The molecule has 3 aromatic rings. The Bertz CT molecular complexity index is 1190. The predicted molar refractivity (Wildman–Crippen MR) is 137 cm³/mol. The SMILES string of the molecule is CCCCOc1nc(N)c2[nH]c(=O)n(CCCN(CCCO)Cc3cccc(CC(=O)OC)c3)c2n1. The Morgan fingerprint density at radius 3 is 2.72 bits per heavy atom. The van der Waals surface area contributed by atoms with E-state index in [2.05, 4.69) is 26.8 Å². The smallest absolute Gasteiger partial charge is 0.327 e. The fourth-order valence-electron chi connectivity index (χ4n) is 3.96. The third-order valence-corrected chi connectivity index (χ3v) is 5.82. The number of aryl methyl sites for hydroxylation is 1. The molecule has 0 fully saturated rings. The van der Waals surface area contributed by atoms with Crippen LogP contribution >= 0.6 is 0 Å². The zero-order valence-corrected chi connectivity index (χ0v) is 21.0. The van der Waals surface area contributed by atoms with E-state index in [-0.39, 0.29) is 36.5 Å². The molecule has 0 spiro atoms. The second-order valence-corrected chi connectivity index (χ2v) is 8.65. The number of hydrogen-bond donors (Lipinski definition) is 3. The van der Waals surface area contributed by atoms with Crippen molar-refractivity contribution in [1.29, 1.82) is 0 Å². The van der Waals surface area contributed by atoms with E-state index in [1.54, 1.807) is 4.57 Å². The van der Waals surface area contributed by atoms with Crippen LogP contribution in [0.1, 0.15) is 43.7 Å². The summed E-state index contributed by atoms with van der Waals surface area (Å²) in [6, 6.07) is 7.99. The summed E-state index contributed by atoms with van der Waals surface area (Å²) < 4.78 is 11.9. The zero-order valence-electron chi connectivity index (χ0n) is 21.0. The van der Waals surface area contributed by atoms with Crippen LogP contribution < -0.4 is 16.2 Å². The van der Waals surface area contributed by atoms with Crippen molar-refractivity contribution in [2.75, 3.05) is 39.1 Å². The maximum Gasteiger partial charge on any atom is 0.327 e. The molecular weight excluding hydrogens is 464 g/mol. The predicted octanol–water partition coefficient (Wildman–Crippen LogP) is 1.87. The first kappa shape index (κ1) is 27.2. The number of unbranched alkanes of at least 4 members (excludes halogenated alkanes) is 1. The van der Waals surface area contributed by atoms with Crippen molar-refractivity contribution < 1.29 is 19.4 Å². The first-order chi connectivity index (χ1) is 17.4. The van der Waals surface area contributed by atoms with E-state index in [0.717, 1.165) is 24.0 Å². The lowest BCUT2D eigenvalue weighted by Crippen LogP contribution is -2.28. The molecule has 11 heteroatoms. The van der Waals surface area contributed by atoms with Crippen molar-refractivity contribution in [2.45, 2.75) is 52.1 Å². The highest BCUT2D eigenvalue weighted by atomic mass is 16.5. The fraction of sp³-hybridized carbons (Fsp3) is 0.520. The molecule has 0 aliphatic carbocycles. The maximum absolute atomic E-state index is 12.6. The van der Waals surface area contributed by atoms with Crippen LogP contribution in [0.5, 0.6) is 6.01 Å². The lowest BCUT2D eigenvalue weighted by atomic mass is 10.1. The van der Waals surface area contributed by atoms with Crippen LogP contribution in [-0.2, 0) is 29.0 Å². The number of nitrogens with zero attached hydrogens (tertiary/aromatic N) is 4. The number of ether oxygens (including phenoxy) is 2. The third-order valence-electron chi connectivity index (χ3n) is 5.82. The number of rotatable bonds is 15. The van der Waals surface area contributed by atoms with E-state index < -0.39 is 0 Å². The van der Waals surface area contributed by atoms with Crippen LogP contribution in [-0.4, -0.2) is 68.9 Å². The number of methoxy groups -OCH3 is 1. The summed E-state index contributed by atoms with van der Waals surface area (Å²) in [5.74, 6) is -0.101. The number of nitrogen functional groups attached to an aromatic ring is 1. The molecule has 0 unspecified atom stereocenters. The van der Waals surface area contributed by atoms with Gasteiger partial charge in [0.2, 0.25) is 0 Å². The van der Waals surface area contributed by atoms with Gasteiger partial charge in [0.1, 0.15) is 5.52 Å². The Labute approximate surface area is 210 Å². The van der Waals surface area contributed by atoms with Gasteiger partial charge in [0.25, 0.3) is 0 Å². The monoisotopic (exact) mass is 500 g/mol.